The van der Waals surface area contributed by atoms with Gasteiger partial charge in [0.25, 0.3) is 0 Å². The highest BCUT2D eigenvalue weighted by Crippen LogP contribution is 2.43. The molecule has 1 atom stereocenters. The lowest BCUT2D eigenvalue weighted by atomic mass is 9.72. The maximum Gasteiger partial charge on any atom is 0.224 e. The molecule has 3 fully saturated rings. The minimum absolute atomic E-state index is 0.138. The third-order valence-electron chi connectivity index (χ3n) is 6.67. The quantitative estimate of drug-likeness (QED) is 0.831. The molecule has 4 rings (SSSR count). The molecular weight excluding hydrogens is 328 g/mol. The highest BCUT2D eigenvalue weighted by molar-refractivity contribution is 5.78. The third kappa shape index (κ3) is 3.38. The standard InChI is InChI=1S/C20H30N4O2/c1-15(23-12-9-21-16(23)2)13-19(26)22-10-7-20(8-11-22)6-5-18(25)24(14-20)17-3-4-17/h9,12,15,17H,3-8,10-11,13-14H2,1-2H3/t15-/m1/s1. The molecule has 0 bridgehead atoms. The van der Waals surface area contributed by atoms with Gasteiger partial charge in [-0.3, -0.25) is 9.59 Å². The van der Waals surface area contributed by atoms with Gasteiger partial charge in [0.05, 0.1) is 0 Å². The molecule has 0 N–H and O–H groups in total. The van der Waals surface area contributed by atoms with E-state index in [0.717, 1.165) is 44.7 Å². The summed E-state index contributed by atoms with van der Waals surface area (Å²) in [5.74, 6) is 1.54. The zero-order chi connectivity index (χ0) is 18.3. The predicted octanol–water partition coefficient (Wildman–Crippen LogP) is 2.54. The van der Waals surface area contributed by atoms with Gasteiger partial charge in [0, 0.05) is 57.0 Å². The second kappa shape index (κ2) is 6.71. The summed E-state index contributed by atoms with van der Waals surface area (Å²) in [4.78, 5) is 33.4. The van der Waals surface area contributed by atoms with Crippen LogP contribution in [0.15, 0.2) is 12.4 Å². The van der Waals surface area contributed by atoms with Crippen molar-refractivity contribution >= 4 is 11.8 Å². The number of imidazole rings is 1. The highest BCUT2D eigenvalue weighted by atomic mass is 16.2. The number of hydrogen-bond acceptors (Lipinski definition) is 3. The lowest BCUT2D eigenvalue weighted by Crippen LogP contribution is -2.53. The molecule has 1 aliphatic carbocycles. The lowest BCUT2D eigenvalue weighted by Gasteiger charge is -2.47. The first kappa shape index (κ1) is 17.6. The topological polar surface area (TPSA) is 58.4 Å². The monoisotopic (exact) mass is 358 g/mol. The molecule has 0 aromatic carbocycles. The SMILES string of the molecule is Cc1nccn1[C@H](C)CC(=O)N1CCC2(CCC(=O)N(C3CC3)C2)CC1. The molecule has 2 amide bonds. The Morgan fingerprint density at radius 2 is 2.04 bits per heavy atom. The molecule has 3 heterocycles. The van der Waals surface area contributed by atoms with Crippen LogP contribution in [0, 0.1) is 12.3 Å². The molecule has 1 spiro atoms. The maximum absolute atomic E-state index is 12.7. The molecular formula is C20H30N4O2. The first-order valence-corrected chi connectivity index (χ1v) is 10.0. The van der Waals surface area contributed by atoms with Crippen molar-refractivity contribution in [3.05, 3.63) is 18.2 Å². The number of hydrogen-bond donors (Lipinski definition) is 0. The molecule has 6 heteroatoms. The third-order valence-corrected chi connectivity index (χ3v) is 6.67. The molecule has 0 radical (unpaired) electrons. The van der Waals surface area contributed by atoms with Crippen molar-refractivity contribution in [3.8, 4) is 0 Å². The van der Waals surface area contributed by atoms with Crippen LogP contribution >= 0.6 is 0 Å². The molecule has 3 aliphatic rings. The van der Waals surface area contributed by atoms with Crippen molar-refractivity contribution in [2.75, 3.05) is 19.6 Å². The van der Waals surface area contributed by atoms with Crippen molar-refractivity contribution in [2.45, 2.75) is 70.9 Å². The fourth-order valence-electron chi connectivity index (χ4n) is 4.74. The Hall–Kier alpha value is -1.85. The van der Waals surface area contributed by atoms with E-state index in [1.54, 1.807) is 6.20 Å². The van der Waals surface area contributed by atoms with E-state index in [-0.39, 0.29) is 17.4 Å². The van der Waals surface area contributed by atoms with Crippen LogP contribution in [0.5, 0.6) is 0 Å². The van der Waals surface area contributed by atoms with Crippen molar-refractivity contribution in [3.63, 3.8) is 0 Å². The van der Waals surface area contributed by atoms with Gasteiger partial charge in [-0.15, -0.1) is 0 Å². The first-order valence-electron chi connectivity index (χ1n) is 10.0. The van der Waals surface area contributed by atoms with Crippen LogP contribution in [0.3, 0.4) is 0 Å². The van der Waals surface area contributed by atoms with Crippen LogP contribution in [0.4, 0.5) is 0 Å². The molecule has 1 saturated carbocycles. The highest BCUT2D eigenvalue weighted by Gasteiger charge is 2.45. The van der Waals surface area contributed by atoms with Gasteiger partial charge in [-0.1, -0.05) is 0 Å². The fourth-order valence-corrected chi connectivity index (χ4v) is 4.74. The Kier molecular flexibility index (Phi) is 4.53. The van der Waals surface area contributed by atoms with Gasteiger partial charge in [0.15, 0.2) is 0 Å². The Balaban J connectivity index is 1.32. The van der Waals surface area contributed by atoms with Crippen LogP contribution in [-0.2, 0) is 9.59 Å². The largest absolute Gasteiger partial charge is 0.343 e. The number of piperidine rings is 2. The Bertz CT molecular complexity index is 686. The summed E-state index contributed by atoms with van der Waals surface area (Å²) in [5.41, 5.74) is 0.250. The number of likely N-dealkylation sites (tertiary alicyclic amines) is 2. The van der Waals surface area contributed by atoms with Gasteiger partial charge in [0.1, 0.15) is 5.82 Å². The zero-order valence-corrected chi connectivity index (χ0v) is 16.0. The van der Waals surface area contributed by atoms with Crippen molar-refractivity contribution in [1.29, 1.82) is 0 Å². The minimum atomic E-state index is 0.138. The molecule has 142 valence electrons. The average molecular weight is 358 g/mol. The molecule has 1 aromatic rings. The summed E-state index contributed by atoms with van der Waals surface area (Å²) in [6.45, 7) is 6.64. The van der Waals surface area contributed by atoms with E-state index in [1.807, 2.05) is 18.0 Å². The van der Waals surface area contributed by atoms with E-state index in [0.29, 0.717) is 24.8 Å². The molecule has 26 heavy (non-hydrogen) atoms. The Morgan fingerprint density at radius 1 is 1.31 bits per heavy atom. The van der Waals surface area contributed by atoms with Crippen molar-refractivity contribution in [2.24, 2.45) is 5.41 Å². The van der Waals surface area contributed by atoms with Crippen LogP contribution in [0.1, 0.15) is 63.7 Å². The van der Waals surface area contributed by atoms with E-state index >= 15 is 0 Å². The van der Waals surface area contributed by atoms with E-state index in [9.17, 15) is 9.59 Å². The second-order valence-corrected chi connectivity index (χ2v) is 8.57. The van der Waals surface area contributed by atoms with Gasteiger partial charge >= 0.3 is 0 Å². The van der Waals surface area contributed by atoms with Gasteiger partial charge in [-0.2, -0.15) is 0 Å². The van der Waals surface area contributed by atoms with Crippen LogP contribution in [-0.4, -0.2) is 56.8 Å². The lowest BCUT2D eigenvalue weighted by molar-refractivity contribution is -0.143. The Labute approximate surface area is 155 Å². The molecule has 0 unspecified atom stereocenters. The molecule has 2 saturated heterocycles. The summed E-state index contributed by atoms with van der Waals surface area (Å²) < 4.78 is 2.07. The maximum atomic E-state index is 12.7. The number of carbonyl (C=O) groups is 2. The number of amides is 2. The van der Waals surface area contributed by atoms with Gasteiger partial charge in [-0.05, 0) is 51.4 Å². The first-order chi connectivity index (χ1) is 12.5. The van der Waals surface area contributed by atoms with Crippen LogP contribution < -0.4 is 0 Å². The number of rotatable bonds is 4. The minimum Gasteiger partial charge on any atom is -0.343 e. The summed E-state index contributed by atoms with van der Waals surface area (Å²) in [6.07, 6.45) is 10.4. The molecule has 1 aromatic heterocycles. The number of aryl methyl sites for hydroxylation is 1. The van der Waals surface area contributed by atoms with Gasteiger partial charge in [0.2, 0.25) is 11.8 Å². The Morgan fingerprint density at radius 3 is 2.65 bits per heavy atom. The molecule has 6 nitrogen and oxygen atoms in total. The van der Waals surface area contributed by atoms with Gasteiger partial charge in [-0.25, -0.2) is 4.98 Å². The normalized spacial score (nSPS) is 24.2. The van der Waals surface area contributed by atoms with E-state index in [4.69, 9.17) is 0 Å². The number of aromatic nitrogens is 2. The van der Waals surface area contributed by atoms with Crippen LogP contribution in [0.25, 0.3) is 0 Å². The van der Waals surface area contributed by atoms with Crippen LogP contribution in [0.2, 0.25) is 0 Å². The van der Waals surface area contributed by atoms with E-state index in [2.05, 4.69) is 21.4 Å². The number of nitrogens with zero attached hydrogens (tertiary/aromatic N) is 4. The summed E-state index contributed by atoms with van der Waals surface area (Å²) >= 11 is 0. The second-order valence-electron chi connectivity index (χ2n) is 8.57. The van der Waals surface area contributed by atoms with E-state index < -0.39 is 0 Å². The van der Waals surface area contributed by atoms with E-state index in [1.165, 1.54) is 12.8 Å². The van der Waals surface area contributed by atoms with Crippen molar-refractivity contribution < 1.29 is 9.59 Å². The predicted molar refractivity (Wildman–Crippen MR) is 98.5 cm³/mol. The smallest absolute Gasteiger partial charge is 0.224 e. The fraction of sp³-hybridized carbons (Fsp3) is 0.750. The molecule has 2 aliphatic heterocycles. The van der Waals surface area contributed by atoms with Crippen molar-refractivity contribution in [1.82, 2.24) is 19.4 Å². The number of carbonyl (C=O) groups excluding carboxylic acids is 2. The summed E-state index contributed by atoms with van der Waals surface area (Å²) in [7, 11) is 0. The zero-order valence-electron chi connectivity index (χ0n) is 16.0. The summed E-state index contributed by atoms with van der Waals surface area (Å²) in [5, 5.41) is 0. The van der Waals surface area contributed by atoms with Gasteiger partial charge < -0.3 is 14.4 Å². The summed E-state index contributed by atoms with van der Waals surface area (Å²) in [6, 6.07) is 0.650. The average Bonchev–Trinajstić information content (AvgIpc) is 3.38.